The largest absolute Gasteiger partial charge is 0.380 e. The molecule has 3 N–H and O–H groups in total. The zero-order valence-electron chi connectivity index (χ0n) is 10.7. The number of benzene rings is 1. The van der Waals surface area contributed by atoms with Crippen molar-refractivity contribution in [1.82, 2.24) is 0 Å². The number of anilines is 1. The zero-order chi connectivity index (χ0) is 13.5. The quantitative estimate of drug-likeness (QED) is 0.847. The molecule has 100 valence electrons. The molecule has 5 heteroatoms. The highest BCUT2D eigenvalue weighted by Gasteiger charge is 2.12. The van der Waals surface area contributed by atoms with Gasteiger partial charge in [-0.15, -0.1) is 0 Å². The van der Waals surface area contributed by atoms with E-state index < -0.39 is 0 Å². The SMILES string of the molecule is CCc1cc(Br)ccc1NC(=O)CC(CN)OC. The Morgan fingerprint density at radius 2 is 2.28 bits per heavy atom. The molecule has 0 aliphatic carbocycles. The van der Waals surface area contributed by atoms with E-state index in [4.69, 9.17) is 10.5 Å². The minimum absolute atomic E-state index is 0.0793. The monoisotopic (exact) mass is 314 g/mol. The summed E-state index contributed by atoms with van der Waals surface area (Å²) >= 11 is 3.42. The number of amides is 1. The number of hydrogen-bond donors (Lipinski definition) is 2. The molecule has 0 saturated carbocycles. The second-order valence-electron chi connectivity index (χ2n) is 4.00. The van der Waals surface area contributed by atoms with Crippen LogP contribution in [-0.4, -0.2) is 25.7 Å². The van der Waals surface area contributed by atoms with Crippen molar-refractivity contribution in [2.24, 2.45) is 5.73 Å². The molecule has 1 aromatic rings. The van der Waals surface area contributed by atoms with Crippen molar-refractivity contribution in [3.05, 3.63) is 28.2 Å². The Labute approximate surface area is 116 Å². The van der Waals surface area contributed by atoms with Gasteiger partial charge in [0.25, 0.3) is 0 Å². The third kappa shape index (κ3) is 4.40. The van der Waals surface area contributed by atoms with Crippen molar-refractivity contribution < 1.29 is 9.53 Å². The van der Waals surface area contributed by atoms with Gasteiger partial charge in [0.05, 0.1) is 12.5 Å². The molecule has 0 spiro atoms. The Morgan fingerprint density at radius 1 is 1.56 bits per heavy atom. The Balaban J connectivity index is 2.69. The summed E-state index contributed by atoms with van der Waals surface area (Å²) in [4.78, 5) is 11.8. The predicted octanol–water partition coefficient (Wildman–Crippen LogP) is 2.31. The van der Waals surface area contributed by atoms with Crippen LogP contribution in [0.25, 0.3) is 0 Å². The first-order valence-electron chi connectivity index (χ1n) is 5.91. The van der Waals surface area contributed by atoms with Crippen LogP contribution in [0.2, 0.25) is 0 Å². The van der Waals surface area contributed by atoms with Crippen LogP contribution in [0, 0.1) is 0 Å². The maximum Gasteiger partial charge on any atom is 0.227 e. The highest BCUT2D eigenvalue weighted by molar-refractivity contribution is 9.10. The molecule has 0 bridgehead atoms. The molecule has 0 aliphatic rings. The number of aryl methyl sites for hydroxylation is 1. The average molecular weight is 315 g/mol. The van der Waals surface area contributed by atoms with Crippen molar-refractivity contribution in [2.45, 2.75) is 25.9 Å². The van der Waals surface area contributed by atoms with Crippen molar-refractivity contribution in [2.75, 3.05) is 19.0 Å². The number of rotatable bonds is 6. The van der Waals surface area contributed by atoms with E-state index in [0.29, 0.717) is 6.54 Å². The van der Waals surface area contributed by atoms with Crippen LogP contribution in [0.5, 0.6) is 0 Å². The summed E-state index contributed by atoms with van der Waals surface area (Å²) in [6.07, 6.45) is 0.900. The molecule has 0 heterocycles. The molecule has 1 aromatic carbocycles. The van der Waals surface area contributed by atoms with Crippen LogP contribution in [0.15, 0.2) is 22.7 Å². The van der Waals surface area contributed by atoms with Gasteiger partial charge >= 0.3 is 0 Å². The van der Waals surface area contributed by atoms with Gasteiger partial charge in [-0.2, -0.15) is 0 Å². The molecule has 1 unspecified atom stereocenters. The van der Waals surface area contributed by atoms with Crippen molar-refractivity contribution in [3.63, 3.8) is 0 Å². The number of nitrogens with two attached hydrogens (primary N) is 1. The standard InChI is InChI=1S/C13H19BrN2O2/c1-3-9-6-10(14)4-5-12(9)16-13(17)7-11(8-15)18-2/h4-6,11H,3,7-8,15H2,1-2H3,(H,16,17). The van der Waals surface area contributed by atoms with E-state index in [1.54, 1.807) is 7.11 Å². The molecule has 18 heavy (non-hydrogen) atoms. The average Bonchev–Trinajstić information content (AvgIpc) is 2.38. The summed E-state index contributed by atoms with van der Waals surface area (Å²) < 4.78 is 6.10. The van der Waals surface area contributed by atoms with Crippen molar-refractivity contribution >= 4 is 27.5 Å². The fourth-order valence-electron chi connectivity index (χ4n) is 1.65. The lowest BCUT2D eigenvalue weighted by Gasteiger charge is -2.14. The van der Waals surface area contributed by atoms with Gasteiger partial charge in [-0.1, -0.05) is 22.9 Å². The fourth-order valence-corrected chi connectivity index (χ4v) is 2.06. The summed E-state index contributed by atoms with van der Waals surface area (Å²) in [5, 5.41) is 2.89. The van der Waals surface area contributed by atoms with E-state index in [-0.39, 0.29) is 18.4 Å². The lowest BCUT2D eigenvalue weighted by atomic mass is 10.1. The van der Waals surface area contributed by atoms with E-state index in [1.807, 2.05) is 18.2 Å². The lowest BCUT2D eigenvalue weighted by Crippen LogP contribution is -2.28. The Hall–Kier alpha value is -0.910. The topological polar surface area (TPSA) is 64.4 Å². The molecule has 4 nitrogen and oxygen atoms in total. The maximum absolute atomic E-state index is 11.8. The Bertz CT molecular complexity index is 406. The van der Waals surface area contributed by atoms with Crippen LogP contribution in [-0.2, 0) is 16.0 Å². The molecule has 0 fully saturated rings. The van der Waals surface area contributed by atoms with Gasteiger partial charge < -0.3 is 15.8 Å². The van der Waals surface area contributed by atoms with Gasteiger partial charge in [-0.25, -0.2) is 0 Å². The normalized spacial score (nSPS) is 12.2. The highest BCUT2D eigenvalue weighted by Crippen LogP contribution is 2.21. The number of halogens is 1. The molecular weight excluding hydrogens is 296 g/mol. The van der Waals surface area contributed by atoms with Gasteiger partial charge in [-0.05, 0) is 30.2 Å². The van der Waals surface area contributed by atoms with E-state index in [1.165, 1.54) is 0 Å². The first kappa shape index (κ1) is 15.1. The number of carbonyl (C=O) groups is 1. The molecular formula is C13H19BrN2O2. The Morgan fingerprint density at radius 3 is 2.83 bits per heavy atom. The van der Waals surface area contributed by atoms with Gasteiger partial charge in [0.2, 0.25) is 5.91 Å². The predicted molar refractivity (Wildman–Crippen MR) is 76.6 cm³/mol. The van der Waals surface area contributed by atoms with E-state index in [9.17, 15) is 4.79 Å². The van der Waals surface area contributed by atoms with Crippen LogP contribution in [0.1, 0.15) is 18.9 Å². The second kappa shape index (κ2) is 7.51. The van der Waals surface area contributed by atoms with Crippen molar-refractivity contribution in [1.29, 1.82) is 0 Å². The second-order valence-corrected chi connectivity index (χ2v) is 4.92. The minimum Gasteiger partial charge on any atom is -0.380 e. The molecule has 0 aromatic heterocycles. The summed E-state index contributed by atoms with van der Waals surface area (Å²) in [7, 11) is 1.56. The van der Waals surface area contributed by atoms with E-state index in [0.717, 1.165) is 22.1 Å². The first-order chi connectivity index (χ1) is 8.60. The van der Waals surface area contributed by atoms with Gasteiger partial charge in [0.1, 0.15) is 0 Å². The number of carbonyl (C=O) groups excluding carboxylic acids is 1. The smallest absolute Gasteiger partial charge is 0.227 e. The molecule has 0 saturated heterocycles. The van der Waals surface area contributed by atoms with Gasteiger partial charge in [0, 0.05) is 23.8 Å². The van der Waals surface area contributed by atoms with Crippen LogP contribution >= 0.6 is 15.9 Å². The van der Waals surface area contributed by atoms with Crippen LogP contribution in [0.3, 0.4) is 0 Å². The number of hydrogen-bond acceptors (Lipinski definition) is 3. The summed E-state index contributed by atoms with van der Waals surface area (Å²) in [5.74, 6) is -0.0793. The molecule has 1 rings (SSSR count). The first-order valence-corrected chi connectivity index (χ1v) is 6.71. The highest BCUT2D eigenvalue weighted by atomic mass is 79.9. The Kier molecular flexibility index (Phi) is 6.32. The molecule has 1 atom stereocenters. The van der Waals surface area contributed by atoms with Crippen molar-refractivity contribution in [3.8, 4) is 0 Å². The zero-order valence-corrected chi connectivity index (χ0v) is 12.3. The van der Waals surface area contributed by atoms with Crippen LogP contribution < -0.4 is 11.1 Å². The van der Waals surface area contributed by atoms with Gasteiger partial charge in [0.15, 0.2) is 0 Å². The number of ether oxygens (including phenoxy) is 1. The third-order valence-electron chi connectivity index (χ3n) is 2.73. The summed E-state index contributed by atoms with van der Waals surface area (Å²) in [5.41, 5.74) is 7.43. The minimum atomic E-state index is -0.231. The molecule has 1 amide bonds. The fraction of sp³-hybridized carbons (Fsp3) is 0.462. The van der Waals surface area contributed by atoms with Crippen LogP contribution in [0.4, 0.5) is 5.69 Å². The lowest BCUT2D eigenvalue weighted by molar-refractivity contribution is -0.118. The third-order valence-corrected chi connectivity index (χ3v) is 3.22. The number of nitrogens with one attached hydrogen (secondary N) is 1. The molecule has 0 radical (unpaired) electrons. The van der Waals surface area contributed by atoms with E-state index >= 15 is 0 Å². The number of methoxy groups -OCH3 is 1. The summed E-state index contributed by atoms with van der Waals surface area (Å²) in [6.45, 7) is 2.39. The summed E-state index contributed by atoms with van der Waals surface area (Å²) in [6, 6.07) is 5.81. The maximum atomic E-state index is 11.8. The van der Waals surface area contributed by atoms with Gasteiger partial charge in [-0.3, -0.25) is 4.79 Å². The molecule has 0 aliphatic heterocycles. The van der Waals surface area contributed by atoms with E-state index in [2.05, 4.69) is 28.2 Å².